The molecule has 0 aromatic rings. The number of nitrogens with zero attached hydrogens (tertiary/aromatic N) is 1. The average Bonchev–Trinajstić information content (AvgIpc) is 3.02. The number of carbonyl (C=O) groups excluding carboxylic acids is 3. The van der Waals surface area contributed by atoms with E-state index in [1.54, 1.807) is 6.08 Å². The number of methoxy groups -OCH3 is 1. The second kappa shape index (κ2) is 18.5. The second-order valence-corrected chi connectivity index (χ2v) is 13.5. The highest BCUT2D eigenvalue weighted by Crippen LogP contribution is 2.33. The summed E-state index contributed by atoms with van der Waals surface area (Å²) in [5.41, 5.74) is 0.942. The van der Waals surface area contributed by atoms with Crippen molar-refractivity contribution in [1.29, 1.82) is 0 Å². The van der Waals surface area contributed by atoms with E-state index in [1.165, 1.54) is 13.5 Å². The molecular formula is C36H56N2O7. The van der Waals surface area contributed by atoms with Gasteiger partial charge >= 0.3 is 18.0 Å². The van der Waals surface area contributed by atoms with Crippen molar-refractivity contribution in [3.05, 3.63) is 36.0 Å². The summed E-state index contributed by atoms with van der Waals surface area (Å²) >= 11 is 0. The van der Waals surface area contributed by atoms with Crippen molar-refractivity contribution >= 4 is 18.0 Å². The fraction of sp³-hybridized carbons (Fsp3) is 0.750. The number of fused-ring (bicyclic) bond motifs is 4. The monoisotopic (exact) mass is 628 g/mol. The summed E-state index contributed by atoms with van der Waals surface area (Å²) < 4.78 is 23.9. The molecule has 3 saturated heterocycles. The van der Waals surface area contributed by atoms with Gasteiger partial charge in [-0.3, -0.25) is 4.79 Å². The van der Waals surface area contributed by atoms with E-state index in [0.29, 0.717) is 25.3 Å². The number of amides is 2. The molecule has 4 bridgehead atoms. The third-order valence-corrected chi connectivity index (χ3v) is 9.45. The molecule has 4 aliphatic rings. The predicted molar refractivity (Wildman–Crippen MR) is 174 cm³/mol. The van der Waals surface area contributed by atoms with E-state index in [0.717, 1.165) is 82.9 Å². The SMILES string of the molecule is COC(=O)/C=C1\CC2CC(=O)OC(/C=C/CCCCNC(=O)N3CCCCC3)C(C)/C=C/C(C)CC3CCCC(CC(C1)O2)O3. The Hall–Kier alpha value is -2.65. The maximum atomic E-state index is 13.3. The zero-order valence-corrected chi connectivity index (χ0v) is 27.8. The van der Waals surface area contributed by atoms with E-state index in [-0.39, 0.29) is 54.7 Å². The van der Waals surface area contributed by atoms with Crippen molar-refractivity contribution in [3.63, 3.8) is 0 Å². The van der Waals surface area contributed by atoms with Gasteiger partial charge in [-0.2, -0.15) is 0 Å². The van der Waals surface area contributed by atoms with Gasteiger partial charge in [0, 0.05) is 38.0 Å². The minimum Gasteiger partial charge on any atom is -0.466 e. The van der Waals surface area contributed by atoms with Crippen LogP contribution in [0.5, 0.6) is 0 Å². The topological polar surface area (TPSA) is 103 Å². The summed E-state index contributed by atoms with van der Waals surface area (Å²) in [5, 5.41) is 3.05. The molecule has 0 aromatic heterocycles. The third-order valence-electron chi connectivity index (χ3n) is 9.45. The molecule has 3 fully saturated rings. The number of hydrogen-bond acceptors (Lipinski definition) is 7. The highest BCUT2D eigenvalue weighted by atomic mass is 16.6. The molecule has 9 heteroatoms. The lowest BCUT2D eigenvalue weighted by Crippen LogP contribution is -2.43. The molecule has 0 spiro atoms. The van der Waals surface area contributed by atoms with Gasteiger partial charge in [0.05, 0.1) is 37.9 Å². The van der Waals surface area contributed by atoms with Gasteiger partial charge in [0.15, 0.2) is 0 Å². The minimum absolute atomic E-state index is 0.000728. The molecule has 4 rings (SSSR count). The van der Waals surface area contributed by atoms with E-state index in [4.69, 9.17) is 18.9 Å². The van der Waals surface area contributed by atoms with Gasteiger partial charge in [0.2, 0.25) is 0 Å². The molecule has 4 heterocycles. The van der Waals surface area contributed by atoms with Crippen LogP contribution in [0.4, 0.5) is 4.79 Å². The molecule has 2 amide bonds. The zero-order chi connectivity index (χ0) is 32.0. The number of piperidine rings is 1. The normalized spacial score (nSPS) is 33.4. The lowest BCUT2D eigenvalue weighted by molar-refractivity contribution is -0.154. The number of esters is 2. The summed E-state index contributed by atoms with van der Waals surface area (Å²) in [6, 6.07) is 0.0501. The van der Waals surface area contributed by atoms with Gasteiger partial charge in [0.25, 0.3) is 0 Å². The minimum atomic E-state index is -0.396. The molecule has 1 N–H and O–H groups in total. The number of cyclic esters (lactones) is 1. The van der Waals surface area contributed by atoms with E-state index >= 15 is 0 Å². The molecular weight excluding hydrogens is 572 g/mol. The van der Waals surface area contributed by atoms with Crippen LogP contribution < -0.4 is 5.32 Å². The highest BCUT2D eigenvalue weighted by molar-refractivity contribution is 5.82. The predicted octanol–water partition coefficient (Wildman–Crippen LogP) is 6.42. The Bertz CT molecular complexity index is 1050. The molecule has 45 heavy (non-hydrogen) atoms. The average molecular weight is 629 g/mol. The smallest absolute Gasteiger partial charge is 0.330 e. The molecule has 0 aromatic carbocycles. The number of carbonyl (C=O) groups is 3. The summed E-state index contributed by atoms with van der Waals surface area (Å²) in [6.45, 7) is 6.68. The molecule has 7 unspecified atom stereocenters. The van der Waals surface area contributed by atoms with Crippen LogP contribution in [0.15, 0.2) is 36.0 Å². The number of likely N-dealkylation sites (tertiary alicyclic amines) is 1. The number of allylic oxidation sites excluding steroid dienone is 2. The Morgan fingerprint density at radius 2 is 1.67 bits per heavy atom. The summed E-state index contributed by atoms with van der Waals surface area (Å²) in [6.07, 6.45) is 21.7. The molecule has 252 valence electrons. The number of rotatable bonds is 7. The molecule has 0 saturated carbocycles. The van der Waals surface area contributed by atoms with E-state index in [2.05, 4.69) is 37.4 Å². The van der Waals surface area contributed by atoms with Crippen molar-refractivity contribution in [1.82, 2.24) is 10.2 Å². The first-order valence-electron chi connectivity index (χ1n) is 17.4. The fourth-order valence-electron chi connectivity index (χ4n) is 6.96. The number of urea groups is 1. The Morgan fingerprint density at radius 3 is 2.44 bits per heavy atom. The lowest BCUT2D eigenvalue weighted by Gasteiger charge is -2.37. The van der Waals surface area contributed by atoms with E-state index < -0.39 is 6.10 Å². The zero-order valence-electron chi connectivity index (χ0n) is 27.8. The van der Waals surface area contributed by atoms with Crippen molar-refractivity contribution in [3.8, 4) is 0 Å². The van der Waals surface area contributed by atoms with E-state index in [1.807, 2.05) is 11.0 Å². The molecule has 7 atom stereocenters. The van der Waals surface area contributed by atoms with Crippen molar-refractivity contribution in [2.24, 2.45) is 11.8 Å². The quantitative estimate of drug-likeness (QED) is 0.150. The van der Waals surface area contributed by atoms with Crippen LogP contribution in [-0.4, -0.2) is 80.1 Å². The van der Waals surface area contributed by atoms with Crippen LogP contribution in [0, 0.1) is 11.8 Å². The summed E-state index contributed by atoms with van der Waals surface area (Å²) in [4.78, 5) is 39.6. The third kappa shape index (κ3) is 12.2. The van der Waals surface area contributed by atoms with Crippen LogP contribution in [-0.2, 0) is 28.5 Å². The van der Waals surface area contributed by atoms with Gasteiger partial charge in [-0.05, 0) is 89.0 Å². The van der Waals surface area contributed by atoms with Crippen LogP contribution in [0.25, 0.3) is 0 Å². The summed E-state index contributed by atoms with van der Waals surface area (Å²) in [5.74, 6) is -0.344. The van der Waals surface area contributed by atoms with Gasteiger partial charge in [0.1, 0.15) is 6.10 Å². The van der Waals surface area contributed by atoms with Crippen molar-refractivity contribution in [2.45, 2.75) is 134 Å². The van der Waals surface area contributed by atoms with Crippen LogP contribution in [0.3, 0.4) is 0 Å². The first-order chi connectivity index (χ1) is 21.8. The van der Waals surface area contributed by atoms with Gasteiger partial charge in [-0.25, -0.2) is 9.59 Å². The number of hydrogen-bond donors (Lipinski definition) is 1. The molecule has 0 aliphatic carbocycles. The second-order valence-electron chi connectivity index (χ2n) is 13.5. The number of nitrogens with one attached hydrogen (secondary N) is 1. The Balaban J connectivity index is 1.37. The number of unbranched alkanes of at least 4 members (excludes halogenated alkanes) is 2. The standard InChI is InChI=1S/C36H56N2O7/c1-26-15-16-27(2)33(14-7-4-5-8-17-37-36(41)38-18-9-6-10-19-38)45-35(40)25-32-22-28(23-34(39)42-3)21-31(44-32)24-30-13-11-12-29(20-26)43-30/h7,14-16,23,26-27,29-33H,4-6,8-13,17-22,24-25H2,1-3H3,(H,37,41)/b14-7+,16-15+,28-23-. The molecule has 9 nitrogen and oxygen atoms in total. The van der Waals surface area contributed by atoms with Crippen LogP contribution >= 0.6 is 0 Å². The highest BCUT2D eigenvalue weighted by Gasteiger charge is 2.33. The summed E-state index contributed by atoms with van der Waals surface area (Å²) in [7, 11) is 1.38. The fourth-order valence-corrected chi connectivity index (χ4v) is 6.96. The van der Waals surface area contributed by atoms with Gasteiger partial charge in [-0.15, -0.1) is 0 Å². The first-order valence-corrected chi connectivity index (χ1v) is 17.4. The first kappa shape index (κ1) is 35.2. The Morgan fingerprint density at radius 1 is 0.933 bits per heavy atom. The maximum absolute atomic E-state index is 13.3. The number of ether oxygens (including phenoxy) is 4. The van der Waals surface area contributed by atoms with Crippen molar-refractivity contribution in [2.75, 3.05) is 26.7 Å². The molecule has 0 radical (unpaired) electrons. The van der Waals surface area contributed by atoms with Crippen LogP contribution in [0.2, 0.25) is 0 Å². The largest absolute Gasteiger partial charge is 0.466 e. The van der Waals surface area contributed by atoms with E-state index in [9.17, 15) is 14.4 Å². The van der Waals surface area contributed by atoms with Crippen molar-refractivity contribution < 1.29 is 33.3 Å². The maximum Gasteiger partial charge on any atom is 0.330 e. The molecule has 4 aliphatic heterocycles. The van der Waals surface area contributed by atoms with Crippen LogP contribution in [0.1, 0.15) is 104 Å². The van der Waals surface area contributed by atoms with Gasteiger partial charge in [-0.1, -0.05) is 37.6 Å². The lowest BCUT2D eigenvalue weighted by atomic mass is 9.89. The Kier molecular flexibility index (Phi) is 14.5. The Labute approximate surface area is 270 Å². The van der Waals surface area contributed by atoms with Gasteiger partial charge < -0.3 is 29.2 Å².